The topological polar surface area (TPSA) is 139 Å². The molecule has 2 aromatic rings. The number of benzene rings is 2. The Morgan fingerprint density at radius 1 is 0.904 bits per heavy atom. The molecule has 2 amide bonds. The fourth-order valence-corrected chi connectivity index (χ4v) is 7.12. The van der Waals surface area contributed by atoms with Crippen molar-refractivity contribution in [1.82, 2.24) is 4.90 Å². The molecular formula is C40H51NO11. The molecule has 3 aliphatic rings. The first-order valence-corrected chi connectivity index (χ1v) is 17.8. The number of ether oxygens (including phenoxy) is 7. The first-order valence-electron chi connectivity index (χ1n) is 17.8. The third-order valence-electron chi connectivity index (χ3n) is 9.55. The number of methoxy groups -OCH3 is 1. The summed E-state index contributed by atoms with van der Waals surface area (Å²) < 4.78 is 42.6. The average Bonchev–Trinajstić information content (AvgIpc) is 3.39. The molecular weight excluding hydrogens is 670 g/mol. The van der Waals surface area contributed by atoms with Gasteiger partial charge in [-0.15, -0.1) is 0 Å². The fourth-order valence-electron chi connectivity index (χ4n) is 7.12. The normalized spacial score (nSPS) is 28.6. The molecule has 0 aliphatic carbocycles. The third kappa shape index (κ3) is 9.17. The molecule has 0 unspecified atom stereocenters. The lowest BCUT2D eigenvalue weighted by molar-refractivity contribution is -0.319. The summed E-state index contributed by atoms with van der Waals surface area (Å²) >= 11 is 0. The molecule has 3 heterocycles. The van der Waals surface area contributed by atoms with Gasteiger partial charge in [-0.2, -0.15) is 0 Å². The summed E-state index contributed by atoms with van der Waals surface area (Å²) in [6, 6.07) is 18.9. The molecule has 5 rings (SSSR count). The van der Waals surface area contributed by atoms with Crippen molar-refractivity contribution in [1.29, 1.82) is 0 Å². The lowest BCUT2D eigenvalue weighted by atomic mass is 9.87. The molecule has 0 saturated carbocycles. The molecule has 2 saturated heterocycles. The number of nitrogens with zero attached hydrogens (tertiary/aromatic N) is 1. The Morgan fingerprint density at radius 2 is 1.52 bits per heavy atom. The summed E-state index contributed by atoms with van der Waals surface area (Å²) in [4.78, 5) is 40.5. The van der Waals surface area contributed by atoms with Crippen LogP contribution in [0.3, 0.4) is 0 Å². The number of cyclic esters (lactones) is 1. The molecule has 282 valence electrons. The van der Waals surface area contributed by atoms with E-state index in [1.165, 1.54) is 13.2 Å². The van der Waals surface area contributed by atoms with E-state index in [0.717, 1.165) is 16.0 Å². The van der Waals surface area contributed by atoms with Gasteiger partial charge in [0.2, 0.25) is 5.91 Å². The van der Waals surface area contributed by atoms with Crippen LogP contribution in [0.25, 0.3) is 0 Å². The molecule has 0 aromatic heterocycles. The maximum atomic E-state index is 13.6. The largest absolute Gasteiger partial charge is 0.482 e. The highest BCUT2D eigenvalue weighted by Crippen LogP contribution is 2.36. The quantitative estimate of drug-likeness (QED) is 0.245. The van der Waals surface area contributed by atoms with Crippen molar-refractivity contribution in [3.63, 3.8) is 0 Å². The Balaban J connectivity index is 1.27. The minimum atomic E-state index is -1.12. The minimum absolute atomic E-state index is 0.0632. The summed E-state index contributed by atoms with van der Waals surface area (Å²) in [5.41, 5.74) is 1.04. The highest BCUT2D eigenvalue weighted by molar-refractivity contribution is 6.02. The maximum absolute atomic E-state index is 13.6. The molecule has 3 aliphatic heterocycles. The number of ketones is 1. The summed E-state index contributed by atoms with van der Waals surface area (Å²) in [6.45, 7) is 9.38. The fraction of sp³-hybridized carbons (Fsp3) is 0.525. The number of hydrogen-bond acceptors (Lipinski definition) is 11. The predicted octanol–water partition coefficient (Wildman–Crippen LogP) is 5.12. The van der Waals surface area contributed by atoms with Crippen LogP contribution in [-0.2, 0) is 56.0 Å². The van der Waals surface area contributed by atoms with Crippen molar-refractivity contribution >= 4 is 17.8 Å². The maximum Gasteiger partial charge on any atom is 0.417 e. The molecule has 8 atom stereocenters. The number of allylic oxidation sites excluding steroid dienone is 1. The van der Waals surface area contributed by atoms with Crippen molar-refractivity contribution in [2.24, 2.45) is 11.8 Å². The highest BCUT2D eigenvalue weighted by atomic mass is 16.7. The molecule has 0 radical (unpaired) electrons. The summed E-state index contributed by atoms with van der Waals surface area (Å²) in [5, 5.41) is 10.3. The van der Waals surface area contributed by atoms with Crippen molar-refractivity contribution in [2.75, 3.05) is 20.3 Å². The molecule has 12 nitrogen and oxygen atoms in total. The van der Waals surface area contributed by atoms with Gasteiger partial charge in [-0.05, 0) is 62.5 Å². The third-order valence-corrected chi connectivity index (χ3v) is 9.55. The van der Waals surface area contributed by atoms with Crippen LogP contribution < -0.4 is 0 Å². The second-order valence-corrected chi connectivity index (χ2v) is 14.1. The standard InChI is InChI=1S/C40H51NO11/c1-25(2)36-40(4,5)52-39(45)41(36)37(44)26(3)32-30(43)20-19-29(50-32)18-13-21-47-35-34(49-24-28-16-11-8-12-17-28)33(31(22-42)51-38(35)46-6)48-23-27-14-9-7-10-15-27/h7-12,14-20,25-26,31-36,38,42H,13,21-24H2,1-6H3/t26-,31+,32-,33+,34-,35-,36-,38-/m0/s1. The van der Waals surface area contributed by atoms with E-state index >= 15 is 0 Å². The zero-order valence-electron chi connectivity index (χ0n) is 30.7. The second kappa shape index (κ2) is 17.7. The van der Waals surface area contributed by atoms with Gasteiger partial charge in [0.25, 0.3) is 0 Å². The molecule has 2 fully saturated rings. The van der Waals surface area contributed by atoms with Crippen LogP contribution >= 0.6 is 0 Å². The van der Waals surface area contributed by atoms with Gasteiger partial charge < -0.3 is 38.3 Å². The lowest BCUT2D eigenvalue weighted by Gasteiger charge is -2.45. The smallest absolute Gasteiger partial charge is 0.417 e. The van der Waals surface area contributed by atoms with Gasteiger partial charge in [0.15, 0.2) is 18.2 Å². The number of hydrogen-bond donors (Lipinski definition) is 1. The van der Waals surface area contributed by atoms with Gasteiger partial charge in [-0.3, -0.25) is 9.59 Å². The van der Waals surface area contributed by atoms with Gasteiger partial charge in [0, 0.05) is 7.11 Å². The van der Waals surface area contributed by atoms with Crippen molar-refractivity contribution in [2.45, 2.75) is 103 Å². The number of amides is 2. The SMILES string of the molecule is CO[C@H]1O[C@H](CO)[C@@H](OCc2ccccc2)[C@H](OCc2ccccc2)[C@@H]1OCCC=C1C=CC(=O)[C@H]([C@H](C)C(=O)N2C(=O)OC(C)(C)[C@@H]2C(C)C)O1. The highest BCUT2D eigenvalue weighted by Gasteiger charge is 2.54. The number of imide groups is 1. The number of rotatable bonds is 15. The lowest BCUT2D eigenvalue weighted by Crippen LogP contribution is -2.61. The van der Waals surface area contributed by atoms with Gasteiger partial charge in [-0.25, -0.2) is 9.69 Å². The van der Waals surface area contributed by atoms with Crippen LogP contribution in [0, 0.1) is 11.8 Å². The van der Waals surface area contributed by atoms with E-state index in [4.69, 9.17) is 33.2 Å². The molecule has 52 heavy (non-hydrogen) atoms. The van der Waals surface area contributed by atoms with Crippen LogP contribution in [0.2, 0.25) is 0 Å². The van der Waals surface area contributed by atoms with E-state index in [-0.39, 0.29) is 38.1 Å². The minimum Gasteiger partial charge on any atom is -0.482 e. The zero-order chi connectivity index (χ0) is 37.4. The van der Waals surface area contributed by atoms with Gasteiger partial charge in [0.05, 0.1) is 38.4 Å². The monoisotopic (exact) mass is 721 g/mol. The molecule has 12 heteroatoms. The molecule has 0 spiro atoms. The predicted molar refractivity (Wildman–Crippen MR) is 189 cm³/mol. The van der Waals surface area contributed by atoms with E-state index in [0.29, 0.717) is 12.2 Å². The zero-order valence-corrected chi connectivity index (χ0v) is 30.7. The number of aliphatic hydroxyl groups is 1. The first-order chi connectivity index (χ1) is 24.9. The average molecular weight is 722 g/mol. The Bertz CT molecular complexity index is 1560. The Hall–Kier alpha value is -3.91. The number of aliphatic hydroxyl groups excluding tert-OH is 1. The van der Waals surface area contributed by atoms with Crippen molar-refractivity contribution < 1.29 is 52.6 Å². The Kier molecular flexibility index (Phi) is 13.4. The number of carbonyl (C=O) groups is 3. The van der Waals surface area contributed by atoms with E-state index < -0.39 is 66.4 Å². The van der Waals surface area contributed by atoms with E-state index in [1.807, 2.05) is 74.5 Å². The molecule has 1 N–H and O–H groups in total. The van der Waals surface area contributed by atoms with E-state index in [1.54, 1.807) is 32.9 Å². The van der Waals surface area contributed by atoms with Crippen LogP contribution in [-0.4, -0.2) is 96.6 Å². The van der Waals surface area contributed by atoms with Crippen LogP contribution in [0.1, 0.15) is 52.2 Å². The van der Waals surface area contributed by atoms with Crippen LogP contribution in [0.4, 0.5) is 4.79 Å². The molecule has 0 bridgehead atoms. The Labute approximate surface area is 305 Å². The van der Waals surface area contributed by atoms with Gasteiger partial charge >= 0.3 is 6.09 Å². The van der Waals surface area contributed by atoms with Crippen LogP contribution in [0.15, 0.2) is 84.7 Å². The molecule has 2 aromatic carbocycles. The summed E-state index contributed by atoms with van der Waals surface area (Å²) in [5.74, 6) is -1.52. The van der Waals surface area contributed by atoms with Gasteiger partial charge in [-0.1, -0.05) is 74.5 Å². The first kappa shape index (κ1) is 39.3. The van der Waals surface area contributed by atoms with Crippen molar-refractivity contribution in [3.05, 3.63) is 95.8 Å². The van der Waals surface area contributed by atoms with Gasteiger partial charge in [0.1, 0.15) is 35.8 Å². The number of carbonyl (C=O) groups excluding carboxylic acids is 3. The van der Waals surface area contributed by atoms with E-state index in [9.17, 15) is 19.5 Å². The second-order valence-electron chi connectivity index (χ2n) is 14.1. The Morgan fingerprint density at radius 3 is 2.10 bits per heavy atom. The van der Waals surface area contributed by atoms with Crippen molar-refractivity contribution in [3.8, 4) is 0 Å². The summed E-state index contributed by atoms with van der Waals surface area (Å²) in [7, 11) is 1.50. The van der Waals surface area contributed by atoms with E-state index in [2.05, 4.69) is 0 Å². The summed E-state index contributed by atoms with van der Waals surface area (Å²) in [6.07, 6.45) is -0.480. The van der Waals surface area contributed by atoms with Crippen LogP contribution in [0.5, 0.6) is 0 Å².